The summed E-state index contributed by atoms with van der Waals surface area (Å²) < 4.78 is 1.74. The Morgan fingerprint density at radius 3 is 2.94 bits per heavy atom. The Balaban J connectivity index is 2.17. The number of aromatic nitrogens is 3. The molecule has 0 aromatic carbocycles. The maximum atomic E-state index is 11.6. The number of nitrogens with one attached hydrogen (secondary N) is 2. The predicted octanol–water partition coefficient (Wildman–Crippen LogP) is 0.974. The molecule has 2 aromatic heterocycles. The first-order valence-corrected chi connectivity index (χ1v) is 5.98. The largest absolute Gasteiger partial charge is 0.355 e. The highest BCUT2D eigenvalue weighted by Crippen LogP contribution is 2.08. The van der Waals surface area contributed by atoms with E-state index in [0.29, 0.717) is 12.5 Å². The molecular formula is C12H17N5O. The van der Waals surface area contributed by atoms with E-state index in [0.717, 1.165) is 11.3 Å². The van der Waals surface area contributed by atoms with Crippen LogP contribution in [0.2, 0.25) is 0 Å². The second-order valence-electron chi connectivity index (χ2n) is 4.13. The third kappa shape index (κ3) is 2.42. The zero-order valence-corrected chi connectivity index (χ0v) is 10.8. The summed E-state index contributed by atoms with van der Waals surface area (Å²) in [7, 11) is 0. The average Bonchev–Trinajstić information content (AvgIpc) is 2.73. The summed E-state index contributed by atoms with van der Waals surface area (Å²) in [6.45, 7) is 6.24. The molecule has 2 rings (SSSR count). The van der Waals surface area contributed by atoms with Gasteiger partial charge in [0.1, 0.15) is 6.04 Å². The number of rotatable bonds is 4. The van der Waals surface area contributed by atoms with Crippen molar-refractivity contribution in [1.29, 1.82) is 0 Å². The minimum Gasteiger partial charge on any atom is -0.355 e. The SMILES string of the molecule is CCNC(=O)C(C)Nc1nc2cccc(C)n2n1. The molecular weight excluding hydrogens is 230 g/mol. The van der Waals surface area contributed by atoms with Crippen LogP contribution < -0.4 is 10.6 Å². The van der Waals surface area contributed by atoms with Crippen LogP contribution >= 0.6 is 0 Å². The van der Waals surface area contributed by atoms with Crippen LogP contribution in [0.1, 0.15) is 19.5 Å². The number of hydrogen-bond donors (Lipinski definition) is 2. The molecule has 0 fully saturated rings. The Morgan fingerprint density at radius 1 is 1.50 bits per heavy atom. The number of carbonyl (C=O) groups is 1. The molecule has 2 heterocycles. The summed E-state index contributed by atoms with van der Waals surface area (Å²) in [6.07, 6.45) is 0. The van der Waals surface area contributed by atoms with E-state index in [1.807, 2.05) is 32.0 Å². The van der Waals surface area contributed by atoms with Crippen LogP contribution in [-0.2, 0) is 4.79 Å². The van der Waals surface area contributed by atoms with Crippen molar-refractivity contribution in [3.05, 3.63) is 23.9 Å². The standard InChI is InChI=1S/C12H17N5O/c1-4-13-11(18)9(3)14-12-15-10-7-5-6-8(2)17(10)16-12/h5-7,9H,4H2,1-3H3,(H,13,18)(H,14,16). The summed E-state index contributed by atoms with van der Waals surface area (Å²) in [6, 6.07) is 5.40. The highest BCUT2D eigenvalue weighted by atomic mass is 16.2. The maximum absolute atomic E-state index is 11.6. The first-order chi connectivity index (χ1) is 8.61. The summed E-state index contributed by atoms with van der Waals surface area (Å²) in [5, 5.41) is 10.0. The second kappa shape index (κ2) is 5.03. The minimum atomic E-state index is -0.359. The predicted molar refractivity (Wildman–Crippen MR) is 69.5 cm³/mol. The van der Waals surface area contributed by atoms with Gasteiger partial charge in [-0.2, -0.15) is 4.98 Å². The molecule has 96 valence electrons. The molecule has 0 saturated carbocycles. The monoisotopic (exact) mass is 247 g/mol. The number of aryl methyl sites for hydroxylation is 1. The zero-order valence-electron chi connectivity index (χ0n) is 10.8. The van der Waals surface area contributed by atoms with Gasteiger partial charge in [-0.3, -0.25) is 4.79 Å². The molecule has 0 bridgehead atoms. The molecule has 0 aliphatic carbocycles. The van der Waals surface area contributed by atoms with Crippen molar-refractivity contribution in [2.24, 2.45) is 0 Å². The van der Waals surface area contributed by atoms with Crippen molar-refractivity contribution in [1.82, 2.24) is 19.9 Å². The summed E-state index contributed by atoms with van der Waals surface area (Å²) >= 11 is 0. The van der Waals surface area contributed by atoms with E-state index in [2.05, 4.69) is 20.7 Å². The molecule has 2 aromatic rings. The number of amides is 1. The number of pyridine rings is 1. The van der Waals surface area contributed by atoms with Gasteiger partial charge in [0.2, 0.25) is 11.9 Å². The zero-order chi connectivity index (χ0) is 13.1. The van der Waals surface area contributed by atoms with Gasteiger partial charge in [-0.1, -0.05) is 6.07 Å². The van der Waals surface area contributed by atoms with Crippen LogP contribution in [0.3, 0.4) is 0 Å². The average molecular weight is 247 g/mol. The van der Waals surface area contributed by atoms with Gasteiger partial charge >= 0.3 is 0 Å². The lowest BCUT2D eigenvalue weighted by atomic mass is 10.3. The van der Waals surface area contributed by atoms with E-state index in [-0.39, 0.29) is 11.9 Å². The molecule has 1 unspecified atom stereocenters. The molecule has 6 nitrogen and oxygen atoms in total. The van der Waals surface area contributed by atoms with E-state index in [4.69, 9.17) is 0 Å². The number of fused-ring (bicyclic) bond motifs is 1. The molecule has 0 saturated heterocycles. The van der Waals surface area contributed by atoms with Crippen LogP contribution in [0.15, 0.2) is 18.2 Å². The van der Waals surface area contributed by atoms with E-state index < -0.39 is 0 Å². The smallest absolute Gasteiger partial charge is 0.243 e. The van der Waals surface area contributed by atoms with E-state index in [1.165, 1.54) is 0 Å². The van der Waals surface area contributed by atoms with Crippen molar-refractivity contribution in [2.45, 2.75) is 26.8 Å². The van der Waals surface area contributed by atoms with Gasteiger partial charge in [-0.25, -0.2) is 4.52 Å². The fraction of sp³-hybridized carbons (Fsp3) is 0.417. The Hall–Kier alpha value is -2.11. The Morgan fingerprint density at radius 2 is 2.28 bits per heavy atom. The van der Waals surface area contributed by atoms with Gasteiger partial charge in [0.05, 0.1) is 0 Å². The van der Waals surface area contributed by atoms with Gasteiger partial charge in [-0.05, 0) is 32.9 Å². The number of anilines is 1. The number of hydrogen-bond acceptors (Lipinski definition) is 4. The topological polar surface area (TPSA) is 71.3 Å². The van der Waals surface area contributed by atoms with Gasteiger partial charge < -0.3 is 10.6 Å². The van der Waals surface area contributed by atoms with E-state index in [1.54, 1.807) is 11.4 Å². The molecule has 0 aliphatic rings. The molecule has 2 N–H and O–H groups in total. The minimum absolute atomic E-state index is 0.0620. The molecule has 0 aliphatic heterocycles. The normalized spacial score (nSPS) is 12.4. The van der Waals surface area contributed by atoms with Crippen molar-refractivity contribution >= 4 is 17.5 Å². The van der Waals surface area contributed by atoms with Crippen molar-refractivity contribution in [3.63, 3.8) is 0 Å². The van der Waals surface area contributed by atoms with Crippen molar-refractivity contribution in [3.8, 4) is 0 Å². The molecule has 0 spiro atoms. The molecule has 1 amide bonds. The molecule has 18 heavy (non-hydrogen) atoms. The lowest BCUT2D eigenvalue weighted by molar-refractivity contribution is -0.121. The molecule has 1 atom stereocenters. The van der Waals surface area contributed by atoms with Crippen LogP contribution in [0.4, 0.5) is 5.95 Å². The van der Waals surface area contributed by atoms with Crippen LogP contribution in [0.25, 0.3) is 5.65 Å². The third-order valence-corrected chi connectivity index (χ3v) is 2.64. The number of carbonyl (C=O) groups excluding carboxylic acids is 1. The fourth-order valence-electron chi connectivity index (χ4n) is 1.68. The van der Waals surface area contributed by atoms with Gasteiger partial charge in [-0.15, -0.1) is 5.10 Å². The summed E-state index contributed by atoms with van der Waals surface area (Å²) in [5.41, 5.74) is 1.76. The van der Waals surface area contributed by atoms with Crippen molar-refractivity contribution < 1.29 is 4.79 Å². The highest BCUT2D eigenvalue weighted by molar-refractivity contribution is 5.83. The second-order valence-corrected chi connectivity index (χ2v) is 4.13. The Labute approximate surface area is 105 Å². The lowest BCUT2D eigenvalue weighted by Gasteiger charge is -2.11. The first-order valence-electron chi connectivity index (χ1n) is 5.98. The maximum Gasteiger partial charge on any atom is 0.243 e. The van der Waals surface area contributed by atoms with Gasteiger partial charge in [0.15, 0.2) is 5.65 Å². The molecule has 0 radical (unpaired) electrons. The molecule has 6 heteroatoms. The summed E-state index contributed by atoms with van der Waals surface area (Å²) in [5.74, 6) is 0.399. The lowest BCUT2D eigenvalue weighted by Crippen LogP contribution is -2.37. The number of likely N-dealkylation sites (N-methyl/N-ethyl adjacent to an activating group) is 1. The van der Waals surface area contributed by atoms with Gasteiger partial charge in [0.25, 0.3) is 0 Å². The third-order valence-electron chi connectivity index (χ3n) is 2.64. The van der Waals surface area contributed by atoms with Crippen molar-refractivity contribution in [2.75, 3.05) is 11.9 Å². The highest BCUT2D eigenvalue weighted by Gasteiger charge is 2.14. The quantitative estimate of drug-likeness (QED) is 0.844. The van der Waals surface area contributed by atoms with E-state index >= 15 is 0 Å². The van der Waals surface area contributed by atoms with E-state index in [9.17, 15) is 4.79 Å². The Kier molecular flexibility index (Phi) is 3.45. The first kappa shape index (κ1) is 12.3. The Bertz CT molecular complexity index is 563. The van der Waals surface area contributed by atoms with Crippen LogP contribution in [-0.4, -0.2) is 33.1 Å². The fourth-order valence-corrected chi connectivity index (χ4v) is 1.68. The van der Waals surface area contributed by atoms with Crippen LogP contribution in [0.5, 0.6) is 0 Å². The summed E-state index contributed by atoms with van der Waals surface area (Å²) in [4.78, 5) is 15.9. The van der Waals surface area contributed by atoms with Gasteiger partial charge in [0, 0.05) is 12.2 Å². The van der Waals surface area contributed by atoms with Crippen LogP contribution in [0, 0.1) is 6.92 Å². The number of nitrogens with zero attached hydrogens (tertiary/aromatic N) is 3.